The number of amides is 4. The molecule has 6 unspecified atom stereocenters. The molecular formula is C39H39ClN4O6S. The van der Waals surface area contributed by atoms with Gasteiger partial charge in [-0.2, -0.15) is 5.10 Å². The van der Waals surface area contributed by atoms with Crippen molar-refractivity contribution in [2.24, 2.45) is 36.1 Å². The van der Waals surface area contributed by atoms with Crippen LogP contribution >= 0.6 is 22.9 Å². The summed E-state index contributed by atoms with van der Waals surface area (Å²) in [7, 11) is 3.21. The molecule has 4 heterocycles. The summed E-state index contributed by atoms with van der Waals surface area (Å²) < 4.78 is 8.38. The van der Waals surface area contributed by atoms with E-state index in [1.54, 1.807) is 54.3 Å². The van der Waals surface area contributed by atoms with Crippen LogP contribution in [0.4, 0.5) is 5.82 Å². The zero-order chi connectivity index (χ0) is 36.5. The third kappa shape index (κ3) is 4.56. The van der Waals surface area contributed by atoms with Crippen molar-refractivity contribution in [1.29, 1.82) is 0 Å². The van der Waals surface area contributed by atoms with E-state index in [0.717, 1.165) is 26.1 Å². The number of hydrogen-bond donors (Lipinski definition) is 1. The fraction of sp³-hybridized carbons (Fsp3) is 0.410. The molecule has 4 aromatic rings. The highest BCUT2D eigenvalue weighted by Gasteiger charge is 2.69. The number of carbonyl (C=O) groups excluding carboxylic acids is 4. The number of benzene rings is 2. The first-order valence-corrected chi connectivity index (χ1v) is 18.3. The summed E-state index contributed by atoms with van der Waals surface area (Å²) in [4.78, 5) is 61.4. The lowest BCUT2D eigenvalue weighted by Crippen LogP contribution is -2.49. The Morgan fingerprint density at radius 3 is 2.49 bits per heavy atom. The molecule has 8 rings (SSSR count). The number of phenolic OH excluding ortho intramolecular Hbond substituents is 1. The SMILES string of the molecule is COc1cccc(O)c1C1C2=CCC3C(=O)N(C(C)(C)C)C(=O)C3C2CC2C(=O)N(c3cc(-c4sc5ccc(Cl)cc5c4C)nn3C)C(=O)C21C. The highest BCUT2D eigenvalue weighted by Crippen LogP contribution is 2.65. The molecule has 2 saturated heterocycles. The van der Waals surface area contributed by atoms with Crippen LogP contribution in [0.5, 0.6) is 11.5 Å². The van der Waals surface area contributed by atoms with E-state index in [4.69, 9.17) is 21.4 Å². The number of methoxy groups -OCH3 is 1. The van der Waals surface area contributed by atoms with Gasteiger partial charge in [0.1, 0.15) is 23.0 Å². The maximum atomic E-state index is 15.1. The summed E-state index contributed by atoms with van der Waals surface area (Å²) >= 11 is 7.87. The molecule has 10 nitrogen and oxygen atoms in total. The van der Waals surface area contributed by atoms with Crippen LogP contribution in [0.3, 0.4) is 0 Å². The molecule has 1 saturated carbocycles. The number of halogens is 1. The average molecular weight is 727 g/mol. The molecule has 2 aliphatic carbocycles. The van der Waals surface area contributed by atoms with Crippen LogP contribution in [0, 0.1) is 36.0 Å². The van der Waals surface area contributed by atoms with E-state index in [0.29, 0.717) is 34.3 Å². The molecule has 1 N–H and O–H groups in total. The number of allylic oxidation sites excluding steroid dienone is 2. The minimum Gasteiger partial charge on any atom is -0.508 e. The van der Waals surface area contributed by atoms with Gasteiger partial charge in [0, 0.05) is 39.9 Å². The number of phenols is 1. The Kier molecular flexibility index (Phi) is 7.43. The average Bonchev–Trinajstić information content (AvgIpc) is 3.74. The van der Waals surface area contributed by atoms with E-state index in [1.165, 1.54) is 16.9 Å². The monoisotopic (exact) mass is 726 g/mol. The van der Waals surface area contributed by atoms with E-state index >= 15 is 4.79 Å². The van der Waals surface area contributed by atoms with Crippen molar-refractivity contribution in [3.8, 4) is 22.1 Å². The van der Waals surface area contributed by atoms with Gasteiger partial charge < -0.3 is 9.84 Å². The Labute approximate surface area is 304 Å². The Morgan fingerprint density at radius 2 is 1.78 bits per heavy atom. The summed E-state index contributed by atoms with van der Waals surface area (Å²) in [6.45, 7) is 9.32. The molecule has 4 aliphatic rings. The molecule has 4 amide bonds. The molecule has 2 aromatic carbocycles. The van der Waals surface area contributed by atoms with E-state index in [2.05, 4.69) is 0 Å². The summed E-state index contributed by atoms with van der Waals surface area (Å²) in [6, 6.07) is 12.4. The number of hydrogen-bond acceptors (Lipinski definition) is 8. The van der Waals surface area contributed by atoms with E-state index in [9.17, 15) is 19.5 Å². The molecule has 264 valence electrons. The van der Waals surface area contributed by atoms with Crippen LogP contribution in [-0.4, -0.2) is 56.1 Å². The molecule has 0 spiro atoms. The van der Waals surface area contributed by atoms with Gasteiger partial charge >= 0.3 is 0 Å². The number of thiophene rings is 1. The molecule has 2 aliphatic heterocycles. The highest BCUT2D eigenvalue weighted by molar-refractivity contribution is 7.22. The molecule has 12 heteroatoms. The predicted octanol–water partition coefficient (Wildman–Crippen LogP) is 7.01. The third-order valence-corrected chi connectivity index (χ3v) is 13.2. The molecule has 0 bridgehead atoms. The number of fused-ring (bicyclic) bond motifs is 5. The Morgan fingerprint density at radius 1 is 1.04 bits per heavy atom. The molecule has 51 heavy (non-hydrogen) atoms. The number of ether oxygens (including phenoxy) is 1. The maximum Gasteiger partial charge on any atom is 0.242 e. The topological polar surface area (TPSA) is 122 Å². The fourth-order valence-corrected chi connectivity index (χ4v) is 10.7. The molecule has 6 atom stereocenters. The molecule has 0 radical (unpaired) electrons. The maximum absolute atomic E-state index is 15.1. The van der Waals surface area contributed by atoms with Crippen molar-refractivity contribution < 1.29 is 29.0 Å². The first kappa shape index (κ1) is 33.7. The van der Waals surface area contributed by atoms with Gasteiger partial charge in [0.15, 0.2) is 0 Å². The summed E-state index contributed by atoms with van der Waals surface area (Å²) in [5.41, 5.74) is 0.710. The second kappa shape index (κ2) is 11.3. The highest BCUT2D eigenvalue weighted by atomic mass is 35.5. The Bertz CT molecular complexity index is 2250. The third-order valence-electron chi connectivity index (χ3n) is 11.7. The number of anilines is 1. The normalized spacial score (nSPS) is 27.6. The number of carbonyl (C=O) groups is 4. The first-order valence-electron chi connectivity index (χ1n) is 17.1. The van der Waals surface area contributed by atoms with Crippen molar-refractivity contribution in [1.82, 2.24) is 14.7 Å². The minimum absolute atomic E-state index is 0.0741. The number of imide groups is 2. The van der Waals surface area contributed by atoms with Gasteiger partial charge in [-0.3, -0.25) is 28.8 Å². The van der Waals surface area contributed by atoms with Gasteiger partial charge in [0.25, 0.3) is 0 Å². The number of aryl methyl sites for hydroxylation is 2. The van der Waals surface area contributed by atoms with Crippen LogP contribution in [0.15, 0.2) is 54.1 Å². The Balaban J connectivity index is 1.28. The van der Waals surface area contributed by atoms with Crippen LogP contribution < -0.4 is 9.64 Å². The summed E-state index contributed by atoms with van der Waals surface area (Å²) in [5.74, 6) is -4.11. The van der Waals surface area contributed by atoms with Crippen molar-refractivity contribution >= 4 is 62.5 Å². The van der Waals surface area contributed by atoms with Crippen LogP contribution in [-0.2, 0) is 26.2 Å². The number of aromatic nitrogens is 2. The largest absolute Gasteiger partial charge is 0.508 e. The number of nitrogens with zero attached hydrogens (tertiary/aromatic N) is 4. The quantitative estimate of drug-likeness (QED) is 0.177. The zero-order valence-corrected chi connectivity index (χ0v) is 31.1. The van der Waals surface area contributed by atoms with Crippen molar-refractivity contribution in [3.05, 3.63) is 70.3 Å². The minimum atomic E-state index is -1.36. The second-order valence-electron chi connectivity index (χ2n) is 15.4. The summed E-state index contributed by atoms with van der Waals surface area (Å²) in [6.07, 6.45) is 2.49. The number of likely N-dealkylation sites (tertiary alicyclic amines) is 1. The lowest BCUT2D eigenvalue weighted by atomic mass is 9.51. The fourth-order valence-electron chi connectivity index (χ4n) is 9.42. The second-order valence-corrected chi connectivity index (χ2v) is 16.9. The molecular weight excluding hydrogens is 688 g/mol. The standard InChI is InChI=1S/C39H39ClN4O6S/c1-18-22-15-19(40)11-14-28(22)51-33(18)25-17-29(42(6)41-25)43-35(47)24-16-23-20(12-13-21-30(23)36(48)44(34(21)46)38(2,3)4)32(39(24,5)37(43)49)31-26(45)9-8-10-27(31)50-7/h8-12,14-15,17,21,23-24,30,32,45H,13,16H2,1-7H3. The van der Waals surface area contributed by atoms with Gasteiger partial charge in [-0.05, 0) is 94.7 Å². The van der Waals surface area contributed by atoms with Gasteiger partial charge in [0.05, 0.1) is 35.2 Å². The lowest BCUT2D eigenvalue weighted by Gasteiger charge is -2.49. The van der Waals surface area contributed by atoms with Crippen molar-refractivity contribution in [2.75, 3.05) is 12.0 Å². The van der Waals surface area contributed by atoms with Crippen molar-refractivity contribution in [2.45, 2.75) is 58.9 Å². The number of rotatable bonds is 4. The Hall–Kier alpha value is -4.48. The first-order chi connectivity index (χ1) is 24.1. The molecule has 2 aromatic heterocycles. The van der Waals surface area contributed by atoms with E-state index in [-0.39, 0.29) is 24.0 Å². The lowest BCUT2D eigenvalue weighted by molar-refractivity contribution is -0.145. The van der Waals surface area contributed by atoms with Gasteiger partial charge in [-0.25, -0.2) is 4.90 Å². The zero-order valence-electron chi connectivity index (χ0n) is 29.5. The van der Waals surface area contributed by atoms with Gasteiger partial charge in [-0.15, -0.1) is 11.3 Å². The van der Waals surface area contributed by atoms with Gasteiger partial charge in [-0.1, -0.05) is 29.3 Å². The van der Waals surface area contributed by atoms with Crippen LogP contribution in [0.1, 0.15) is 57.6 Å². The van der Waals surface area contributed by atoms with Crippen molar-refractivity contribution in [3.63, 3.8) is 0 Å². The molecule has 3 fully saturated rings. The summed E-state index contributed by atoms with van der Waals surface area (Å²) in [5, 5.41) is 17.9. The van der Waals surface area contributed by atoms with E-state index in [1.807, 2.05) is 52.0 Å². The van der Waals surface area contributed by atoms with E-state index < -0.39 is 52.4 Å². The van der Waals surface area contributed by atoms with Crippen LogP contribution in [0.25, 0.3) is 20.7 Å². The number of aromatic hydroxyl groups is 1. The van der Waals surface area contributed by atoms with Gasteiger partial charge in [0.2, 0.25) is 23.6 Å². The predicted molar refractivity (Wildman–Crippen MR) is 195 cm³/mol. The smallest absolute Gasteiger partial charge is 0.242 e. The van der Waals surface area contributed by atoms with Crippen LogP contribution in [0.2, 0.25) is 5.02 Å².